The van der Waals surface area contributed by atoms with Crippen molar-refractivity contribution in [3.8, 4) is 67.3 Å². The van der Waals surface area contributed by atoms with Crippen molar-refractivity contribution in [2.24, 2.45) is 0 Å². The van der Waals surface area contributed by atoms with E-state index in [0.29, 0.717) is 0 Å². The molecule has 18 aromatic carbocycles. The summed E-state index contributed by atoms with van der Waals surface area (Å²) in [5.74, 6) is 0. The summed E-state index contributed by atoms with van der Waals surface area (Å²) in [4.78, 5) is 0. The van der Waals surface area contributed by atoms with Crippen molar-refractivity contribution in [3.05, 3.63) is 389 Å². The fourth-order valence-electron chi connectivity index (χ4n) is 17.0. The van der Waals surface area contributed by atoms with Crippen molar-refractivity contribution in [1.29, 1.82) is 0 Å². The zero-order chi connectivity index (χ0) is 68.3. The molecule has 4 heterocycles. The molecule has 0 amide bonds. The van der Waals surface area contributed by atoms with Gasteiger partial charge in [0, 0.05) is 67.5 Å². The van der Waals surface area contributed by atoms with E-state index in [1.54, 1.807) is 0 Å². The van der Waals surface area contributed by atoms with Crippen LogP contribution >= 0.6 is 0 Å². The highest BCUT2D eigenvalue weighted by Crippen LogP contribution is 2.45. The summed E-state index contributed by atoms with van der Waals surface area (Å²) in [7, 11) is 0. The molecular formula is C100H64N4. The quantitative estimate of drug-likeness (QED) is 0.135. The minimum atomic E-state index is 1.16. The van der Waals surface area contributed by atoms with Crippen molar-refractivity contribution in [1.82, 2.24) is 18.3 Å². The van der Waals surface area contributed by atoms with Gasteiger partial charge in [-0.15, -0.1) is 0 Å². The van der Waals surface area contributed by atoms with E-state index < -0.39 is 0 Å². The van der Waals surface area contributed by atoms with Crippen molar-refractivity contribution in [2.75, 3.05) is 0 Å². The molecule has 22 aromatic rings. The van der Waals surface area contributed by atoms with E-state index in [4.69, 9.17) is 0 Å². The van der Waals surface area contributed by atoms with Crippen LogP contribution < -0.4 is 0 Å². The first-order valence-electron chi connectivity index (χ1n) is 35.9. The number of hydrogen-bond acceptors (Lipinski definition) is 0. The van der Waals surface area contributed by atoms with Crippen LogP contribution in [0.2, 0.25) is 0 Å². The molecule has 0 radical (unpaired) electrons. The molecule has 4 heteroatoms. The lowest BCUT2D eigenvalue weighted by Gasteiger charge is -2.14. The van der Waals surface area contributed by atoms with Gasteiger partial charge in [0.2, 0.25) is 0 Å². The summed E-state index contributed by atoms with van der Waals surface area (Å²) in [6.45, 7) is 0. The number of hydrogen-bond donors (Lipinski definition) is 0. The smallest absolute Gasteiger partial charge is 0.0788 e. The molecule has 0 unspecified atom stereocenters. The second-order valence-corrected chi connectivity index (χ2v) is 27.5. The van der Waals surface area contributed by atoms with Crippen molar-refractivity contribution < 1.29 is 0 Å². The Labute approximate surface area is 600 Å². The van der Waals surface area contributed by atoms with Crippen LogP contribution in [-0.4, -0.2) is 18.3 Å². The second kappa shape index (κ2) is 24.0. The average Bonchev–Trinajstić information content (AvgIpc) is 1.71. The third-order valence-electron chi connectivity index (χ3n) is 21.8. The molecule has 0 fully saturated rings. The maximum atomic E-state index is 2.44. The van der Waals surface area contributed by atoms with E-state index in [-0.39, 0.29) is 0 Å². The Morgan fingerprint density at radius 1 is 0.144 bits per heavy atom. The number of fused-ring (bicyclic) bond motifs is 22. The van der Waals surface area contributed by atoms with E-state index in [0.717, 1.165) is 22.7 Å². The third-order valence-corrected chi connectivity index (χ3v) is 21.8. The number of nitrogens with zero attached hydrogens (tertiary/aromatic N) is 4. The summed E-state index contributed by atoms with van der Waals surface area (Å²) in [5.41, 5.74) is 21.7. The van der Waals surface area contributed by atoms with Gasteiger partial charge in [-0.2, -0.15) is 0 Å². The third kappa shape index (κ3) is 9.46. The van der Waals surface area contributed by atoms with Crippen LogP contribution in [0.5, 0.6) is 0 Å². The minimum Gasteiger partial charge on any atom is -0.315 e. The van der Waals surface area contributed by atoms with Gasteiger partial charge in [0.05, 0.1) is 33.1 Å². The van der Waals surface area contributed by atoms with Crippen LogP contribution in [0.15, 0.2) is 389 Å². The Kier molecular flexibility index (Phi) is 13.6. The fourth-order valence-corrected chi connectivity index (χ4v) is 17.0. The predicted molar refractivity (Wildman–Crippen MR) is 442 cm³/mol. The van der Waals surface area contributed by atoms with Gasteiger partial charge in [0.25, 0.3) is 0 Å². The van der Waals surface area contributed by atoms with Crippen molar-refractivity contribution >= 4 is 130 Å². The predicted octanol–water partition coefficient (Wildman–Crippen LogP) is 27.0. The van der Waals surface area contributed by atoms with Crippen LogP contribution in [0, 0.1) is 0 Å². The first-order valence-corrected chi connectivity index (χ1v) is 35.9. The van der Waals surface area contributed by atoms with Crippen LogP contribution in [0.4, 0.5) is 0 Å². The lowest BCUT2D eigenvalue weighted by atomic mass is 9.90. The van der Waals surface area contributed by atoms with Gasteiger partial charge < -0.3 is 18.3 Å². The van der Waals surface area contributed by atoms with Gasteiger partial charge in [-0.05, 0) is 212 Å². The monoisotopic (exact) mass is 1320 g/mol. The fraction of sp³-hybridized carbons (Fsp3) is 0. The second-order valence-electron chi connectivity index (χ2n) is 27.5. The molecule has 0 saturated carbocycles. The molecule has 0 N–H and O–H groups in total. The molecule has 104 heavy (non-hydrogen) atoms. The van der Waals surface area contributed by atoms with Crippen LogP contribution in [0.25, 0.3) is 197 Å². The summed E-state index contributed by atoms with van der Waals surface area (Å²) in [6.07, 6.45) is 4.39. The zero-order valence-electron chi connectivity index (χ0n) is 56.7. The average molecular weight is 1320 g/mol. The Hall–Kier alpha value is -13.8. The summed E-state index contributed by atoms with van der Waals surface area (Å²) in [6, 6.07) is 137. The first kappa shape index (κ1) is 59.1. The van der Waals surface area contributed by atoms with E-state index in [1.165, 1.54) is 175 Å². The zero-order valence-corrected chi connectivity index (χ0v) is 56.7. The van der Waals surface area contributed by atoms with Crippen LogP contribution in [0.3, 0.4) is 0 Å². The maximum absolute atomic E-state index is 2.44. The van der Waals surface area contributed by atoms with Gasteiger partial charge in [-0.1, -0.05) is 273 Å². The van der Waals surface area contributed by atoms with Crippen molar-refractivity contribution in [2.45, 2.75) is 0 Å². The molecule has 0 aliphatic carbocycles. The summed E-state index contributed by atoms with van der Waals surface area (Å²) >= 11 is 0. The van der Waals surface area contributed by atoms with Gasteiger partial charge >= 0.3 is 0 Å². The Morgan fingerprint density at radius 2 is 0.394 bits per heavy atom. The molecule has 0 aliphatic heterocycles. The molecule has 484 valence electrons. The van der Waals surface area contributed by atoms with E-state index in [2.05, 4.69) is 407 Å². The van der Waals surface area contributed by atoms with Crippen LogP contribution in [0.1, 0.15) is 0 Å². The molecule has 0 saturated heterocycles. The lowest BCUT2D eigenvalue weighted by Crippen LogP contribution is -1.97. The summed E-state index contributed by atoms with van der Waals surface area (Å²) < 4.78 is 9.54. The molecule has 0 bridgehead atoms. The van der Waals surface area contributed by atoms with Gasteiger partial charge in [0.15, 0.2) is 0 Å². The molecule has 0 spiro atoms. The molecule has 0 atom stereocenters. The molecular weight excluding hydrogens is 1260 g/mol. The van der Waals surface area contributed by atoms with E-state index in [1.807, 2.05) is 0 Å². The molecule has 0 aliphatic rings. The van der Waals surface area contributed by atoms with Crippen molar-refractivity contribution in [3.63, 3.8) is 0 Å². The number of rotatable bonds is 8. The first-order chi connectivity index (χ1) is 51.6. The Morgan fingerprint density at radius 3 is 0.750 bits per heavy atom. The topological polar surface area (TPSA) is 19.7 Å². The lowest BCUT2D eigenvalue weighted by molar-refractivity contribution is 1.12. The number of para-hydroxylation sites is 4. The van der Waals surface area contributed by atoms with Gasteiger partial charge in [-0.3, -0.25) is 0 Å². The molecule has 4 aromatic heterocycles. The number of aromatic nitrogens is 4. The summed E-state index contributed by atoms with van der Waals surface area (Å²) in [5, 5.41) is 22.9. The van der Waals surface area contributed by atoms with E-state index in [9.17, 15) is 0 Å². The molecule has 4 nitrogen and oxygen atoms in total. The Bertz CT molecular complexity index is 7110. The Balaban J connectivity index is 0.000000134. The van der Waals surface area contributed by atoms with Gasteiger partial charge in [-0.25, -0.2) is 0 Å². The molecule has 22 rings (SSSR count). The minimum absolute atomic E-state index is 1.16. The highest BCUT2D eigenvalue weighted by Gasteiger charge is 2.22. The highest BCUT2D eigenvalue weighted by molar-refractivity contribution is 6.28. The maximum Gasteiger partial charge on any atom is 0.0788 e. The van der Waals surface area contributed by atoms with E-state index >= 15 is 0 Å². The number of benzene rings is 18. The highest BCUT2D eigenvalue weighted by atomic mass is 15.0. The normalized spacial score (nSPS) is 11.8. The standard InChI is InChI=1S/2C50H32N2/c1-4-12-33(13-5-1)35-21-24-42-43-25-22-36(31-46(43)41-19-11-10-18-40(41)45(42)30-35)37-23-27-48-47(32-37)44-26-20-34-28-29-51(38-14-6-2-7-15-38)49(34)50(44)52(48)39-16-8-3-9-17-39;1-3-11-38(12-4-1)51-30-29-35-23-27-45-47-32-37(25-28-48(47)52(50(45)49(35)51)39-13-5-2-6-14-39)34-21-19-33(20-22-34)36-24-26-44-42-17-8-7-15-40(42)41-16-9-10-18-43(41)46(44)31-36/h2*1-32H. The van der Waals surface area contributed by atoms with Gasteiger partial charge in [0.1, 0.15) is 0 Å². The SMILES string of the molecule is c1ccc(-c2ccc3c4ccc(-c5ccc6c(c5)c5ccc7ccn(-c8ccccc8)c7c5n6-c5ccccc5)cc4c4ccccc4c3c2)cc1.c1ccc(-n2ccc3ccc4c5cc(-c6ccc(-c7ccc8c9ccccc9c9ccccc9c8c7)cc6)ccc5n(-c5ccccc5)c4c32)cc1. The largest absolute Gasteiger partial charge is 0.315 e. The van der Waals surface area contributed by atoms with Crippen LogP contribution in [-0.2, 0) is 0 Å².